The van der Waals surface area contributed by atoms with Crippen LogP contribution >= 0.6 is 0 Å². The summed E-state index contributed by atoms with van der Waals surface area (Å²) in [5, 5.41) is 9.61. The molecule has 1 nitrogen and oxygen atoms in total. The fourth-order valence-corrected chi connectivity index (χ4v) is 1.23. The van der Waals surface area contributed by atoms with E-state index in [4.69, 9.17) is 0 Å². The topological polar surface area (TPSA) is 20.2 Å². The van der Waals surface area contributed by atoms with Gasteiger partial charge in [-0.3, -0.25) is 0 Å². The molecule has 0 spiro atoms. The van der Waals surface area contributed by atoms with Gasteiger partial charge in [-0.25, -0.2) is 0 Å². The highest BCUT2D eigenvalue weighted by molar-refractivity contribution is 5.17. The Morgan fingerprint density at radius 1 is 1.21 bits per heavy atom. The van der Waals surface area contributed by atoms with Crippen molar-refractivity contribution in [1.82, 2.24) is 0 Å². The summed E-state index contributed by atoms with van der Waals surface area (Å²) >= 11 is 0. The molecular weight excluding hydrogens is 172 g/mol. The number of aliphatic hydroxyl groups is 1. The van der Waals surface area contributed by atoms with E-state index in [1.807, 2.05) is 55.5 Å². The van der Waals surface area contributed by atoms with Gasteiger partial charge in [0, 0.05) is 6.42 Å². The van der Waals surface area contributed by atoms with Gasteiger partial charge >= 0.3 is 0 Å². The monoisotopic (exact) mass is 188 g/mol. The molecule has 1 N–H and O–H groups in total. The van der Waals surface area contributed by atoms with Crippen LogP contribution in [0.3, 0.4) is 0 Å². The van der Waals surface area contributed by atoms with Crippen molar-refractivity contribution >= 4 is 0 Å². The first-order valence-electron chi connectivity index (χ1n) is 4.84. The van der Waals surface area contributed by atoms with Crippen LogP contribution in [0.15, 0.2) is 54.6 Å². The van der Waals surface area contributed by atoms with Crippen LogP contribution in [0.25, 0.3) is 0 Å². The largest absolute Gasteiger partial charge is 0.389 e. The second-order valence-electron chi connectivity index (χ2n) is 3.17. The van der Waals surface area contributed by atoms with Crippen molar-refractivity contribution in [3.05, 3.63) is 60.2 Å². The molecule has 0 heterocycles. The Morgan fingerprint density at radius 3 is 2.57 bits per heavy atom. The Kier molecular flexibility index (Phi) is 4.73. The van der Waals surface area contributed by atoms with Crippen molar-refractivity contribution in [2.75, 3.05) is 0 Å². The highest BCUT2D eigenvalue weighted by Gasteiger charge is 1.99. The molecule has 0 saturated heterocycles. The molecule has 1 rings (SSSR count). The van der Waals surface area contributed by atoms with Gasteiger partial charge in [-0.1, -0.05) is 54.6 Å². The lowest BCUT2D eigenvalue weighted by Crippen LogP contribution is -2.05. The molecule has 0 fully saturated rings. The maximum absolute atomic E-state index is 9.61. The van der Waals surface area contributed by atoms with Crippen LogP contribution in [-0.4, -0.2) is 11.2 Å². The zero-order valence-electron chi connectivity index (χ0n) is 8.43. The summed E-state index contributed by atoms with van der Waals surface area (Å²) in [6.07, 6.45) is 7.80. The van der Waals surface area contributed by atoms with E-state index in [1.165, 1.54) is 0 Å². The van der Waals surface area contributed by atoms with Gasteiger partial charge in [0.15, 0.2) is 0 Å². The smallest absolute Gasteiger partial charge is 0.0764 e. The fourth-order valence-electron chi connectivity index (χ4n) is 1.23. The van der Waals surface area contributed by atoms with Crippen LogP contribution < -0.4 is 0 Å². The zero-order chi connectivity index (χ0) is 10.2. The molecule has 74 valence electrons. The Hall–Kier alpha value is -1.34. The van der Waals surface area contributed by atoms with Crippen LogP contribution in [0.4, 0.5) is 0 Å². The molecule has 0 aromatic heterocycles. The van der Waals surface area contributed by atoms with Crippen molar-refractivity contribution in [3.63, 3.8) is 0 Å². The van der Waals surface area contributed by atoms with Gasteiger partial charge in [-0.05, 0) is 12.5 Å². The number of rotatable bonds is 4. The third kappa shape index (κ3) is 4.06. The van der Waals surface area contributed by atoms with Crippen LogP contribution in [0.1, 0.15) is 12.5 Å². The Morgan fingerprint density at radius 2 is 1.93 bits per heavy atom. The van der Waals surface area contributed by atoms with Gasteiger partial charge in [0.05, 0.1) is 6.10 Å². The van der Waals surface area contributed by atoms with E-state index in [2.05, 4.69) is 0 Å². The molecule has 0 bridgehead atoms. The minimum atomic E-state index is -0.395. The summed E-state index contributed by atoms with van der Waals surface area (Å²) in [7, 11) is 0. The summed E-state index contributed by atoms with van der Waals surface area (Å²) in [5.41, 5.74) is 1.16. The molecule has 0 aliphatic carbocycles. The van der Waals surface area contributed by atoms with Crippen molar-refractivity contribution in [1.29, 1.82) is 0 Å². The van der Waals surface area contributed by atoms with Crippen molar-refractivity contribution < 1.29 is 5.11 Å². The average Bonchev–Trinajstić information content (AvgIpc) is 2.20. The second-order valence-corrected chi connectivity index (χ2v) is 3.17. The fraction of sp³-hybridized carbons (Fsp3) is 0.231. The lowest BCUT2D eigenvalue weighted by Gasteiger charge is -2.04. The average molecular weight is 188 g/mol. The predicted octanol–water partition coefficient (Wildman–Crippen LogP) is 2.72. The molecule has 14 heavy (non-hydrogen) atoms. The maximum Gasteiger partial charge on any atom is 0.0764 e. The highest BCUT2D eigenvalue weighted by Crippen LogP contribution is 2.03. The molecule has 1 aromatic rings. The molecule has 0 radical (unpaired) electrons. The van der Waals surface area contributed by atoms with Crippen LogP contribution in [0.2, 0.25) is 0 Å². The molecule has 0 aliphatic heterocycles. The summed E-state index contributed by atoms with van der Waals surface area (Å²) in [5.74, 6) is 0. The normalized spacial score (nSPS) is 13.9. The Labute approximate surface area is 85.4 Å². The highest BCUT2D eigenvalue weighted by atomic mass is 16.3. The van der Waals surface area contributed by atoms with Crippen molar-refractivity contribution in [2.45, 2.75) is 19.4 Å². The van der Waals surface area contributed by atoms with Crippen molar-refractivity contribution in [2.24, 2.45) is 0 Å². The van der Waals surface area contributed by atoms with Gasteiger partial charge in [0.1, 0.15) is 0 Å². The van der Waals surface area contributed by atoms with E-state index in [1.54, 1.807) is 6.08 Å². The van der Waals surface area contributed by atoms with E-state index >= 15 is 0 Å². The zero-order valence-corrected chi connectivity index (χ0v) is 8.43. The number of aliphatic hydroxyl groups excluding tert-OH is 1. The van der Waals surface area contributed by atoms with E-state index < -0.39 is 6.10 Å². The quantitative estimate of drug-likeness (QED) is 0.720. The number of benzene rings is 1. The second kappa shape index (κ2) is 6.17. The van der Waals surface area contributed by atoms with E-state index in [9.17, 15) is 5.11 Å². The van der Waals surface area contributed by atoms with Crippen LogP contribution in [-0.2, 0) is 6.42 Å². The SMILES string of the molecule is C/C=C/C=C/[C@@H](O)Cc1ccccc1. The van der Waals surface area contributed by atoms with Gasteiger partial charge in [0.2, 0.25) is 0 Å². The van der Waals surface area contributed by atoms with Gasteiger partial charge < -0.3 is 5.11 Å². The summed E-state index contributed by atoms with van der Waals surface area (Å²) < 4.78 is 0. The minimum Gasteiger partial charge on any atom is -0.389 e. The summed E-state index contributed by atoms with van der Waals surface area (Å²) in [6, 6.07) is 9.99. The minimum absolute atomic E-state index is 0.395. The van der Waals surface area contributed by atoms with Gasteiger partial charge in [-0.15, -0.1) is 0 Å². The number of hydrogen-bond acceptors (Lipinski definition) is 1. The van der Waals surface area contributed by atoms with E-state index in [-0.39, 0.29) is 0 Å². The molecule has 0 amide bonds. The van der Waals surface area contributed by atoms with Crippen LogP contribution in [0, 0.1) is 0 Å². The summed E-state index contributed by atoms with van der Waals surface area (Å²) in [6.45, 7) is 1.95. The molecular formula is C13H16O. The molecule has 1 atom stereocenters. The van der Waals surface area contributed by atoms with Crippen molar-refractivity contribution in [3.8, 4) is 0 Å². The first kappa shape index (κ1) is 10.7. The van der Waals surface area contributed by atoms with Gasteiger partial charge in [0.25, 0.3) is 0 Å². The molecule has 0 aliphatic rings. The third-order valence-corrected chi connectivity index (χ3v) is 1.92. The third-order valence-electron chi connectivity index (χ3n) is 1.92. The standard InChI is InChI=1S/C13H16O/c1-2-3-5-10-13(14)11-12-8-6-4-7-9-12/h2-10,13-14H,11H2,1H3/b3-2+,10-5+/t13-/m1/s1. The van der Waals surface area contributed by atoms with E-state index in [0.29, 0.717) is 6.42 Å². The lowest BCUT2D eigenvalue weighted by atomic mass is 10.1. The number of hydrogen-bond donors (Lipinski definition) is 1. The molecule has 1 aromatic carbocycles. The first-order valence-corrected chi connectivity index (χ1v) is 4.84. The molecule has 1 heteroatoms. The lowest BCUT2D eigenvalue weighted by molar-refractivity contribution is 0.224. The molecule has 0 unspecified atom stereocenters. The van der Waals surface area contributed by atoms with Gasteiger partial charge in [-0.2, -0.15) is 0 Å². The molecule has 0 saturated carbocycles. The number of allylic oxidation sites excluding steroid dienone is 3. The van der Waals surface area contributed by atoms with E-state index in [0.717, 1.165) is 5.56 Å². The Bertz CT molecular complexity index is 298. The summed E-state index contributed by atoms with van der Waals surface area (Å²) in [4.78, 5) is 0. The predicted molar refractivity (Wildman–Crippen MR) is 60.1 cm³/mol. The maximum atomic E-state index is 9.61. The first-order chi connectivity index (χ1) is 6.83. The van der Waals surface area contributed by atoms with Crippen LogP contribution in [0.5, 0.6) is 0 Å². The Balaban J connectivity index is 2.45.